The van der Waals surface area contributed by atoms with Crippen LogP contribution in [0.5, 0.6) is 0 Å². The standard InChI is InChI=1S/C14H20N2OS/c1-10-4-5-12(14(15)18)13(9-10)16-7-6-11-3-2-8-17-11/h4-5,9,11,16H,2-3,6-8H2,1H3,(H2,15,18). The summed E-state index contributed by atoms with van der Waals surface area (Å²) in [5, 5.41) is 3.41. The predicted molar refractivity (Wildman–Crippen MR) is 79.1 cm³/mol. The van der Waals surface area contributed by atoms with Gasteiger partial charge in [0.25, 0.3) is 0 Å². The van der Waals surface area contributed by atoms with Crippen molar-refractivity contribution in [3.63, 3.8) is 0 Å². The van der Waals surface area contributed by atoms with E-state index in [1.165, 1.54) is 18.4 Å². The molecule has 0 radical (unpaired) electrons. The van der Waals surface area contributed by atoms with Crippen molar-refractivity contribution in [2.24, 2.45) is 5.73 Å². The fourth-order valence-corrected chi connectivity index (χ4v) is 2.44. The lowest BCUT2D eigenvalue weighted by Crippen LogP contribution is -2.16. The van der Waals surface area contributed by atoms with Gasteiger partial charge in [-0.2, -0.15) is 0 Å². The molecular formula is C14H20N2OS. The lowest BCUT2D eigenvalue weighted by Gasteiger charge is -2.14. The molecule has 3 N–H and O–H groups in total. The molecule has 4 heteroatoms. The predicted octanol–water partition coefficient (Wildman–Crippen LogP) is 2.61. The lowest BCUT2D eigenvalue weighted by molar-refractivity contribution is 0.107. The number of anilines is 1. The van der Waals surface area contributed by atoms with Gasteiger partial charge in [0, 0.05) is 24.4 Å². The lowest BCUT2D eigenvalue weighted by atomic mass is 10.1. The summed E-state index contributed by atoms with van der Waals surface area (Å²) in [6, 6.07) is 6.09. The van der Waals surface area contributed by atoms with E-state index in [0.717, 1.165) is 30.8 Å². The maximum absolute atomic E-state index is 5.73. The molecule has 0 bridgehead atoms. The molecule has 98 valence electrons. The van der Waals surface area contributed by atoms with Crippen molar-refractivity contribution < 1.29 is 4.74 Å². The van der Waals surface area contributed by atoms with E-state index in [9.17, 15) is 0 Å². The summed E-state index contributed by atoms with van der Waals surface area (Å²) in [5.74, 6) is 0. The third-order valence-electron chi connectivity index (χ3n) is 3.25. The monoisotopic (exact) mass is 264 g/mol. The molecule has 2 rings (SSSR count). The number of benzene rings is 1. The number of rotatable bonds is 5. The Morgan fingerprint density at radius 3 is 3.06 bits per heavy atom. The summed E-state index contributed by atoms with van der Waals surface area (Å²) >= 11 is 5.06. The largest absolute Gasteiger partial charge is 0.389 e. The normalized spacial score (nSPS) is 18.8. The van der Waals surface area contributed by atoms with Gasteiger partial charge in [-0.25, -0.2) is 0 Å². The molecule has 1 saturated heterocycles. The van der Waals surface area contributed by atoms with Crippen molar-refractivity contribution in [2.45, 2.75) is 32.3 Å². The number of hydrogen-bond donors (Lipinski definition) is 2. The Hall–Kier alpha value is -1.13. The number of ether oxygens (including phenoxy) is 1. The zero-order valence-electron chi connectivity index (χ0n) is 10.7. The smallest absolute Gasteiger partial charge is 0.106 e. The van der Waals surface area contributed by atoms with Crippen LogP contribution in [0.25, 0.3) is 0 Å². The van der Waals surface area contributed by atoms with E-state index in [0.29, 0.717) is 11.1 Å². The fourth-order valence-electron chi connectivity index (χ4n) is 2.26. The molecule has 1 fully saturated rings. The number of nitrogens with one attached hydrogen (secondary N) is 1. The molecule has 1 aliphatic heterocycles. The van der Waals surface area contributed by atoms with Crippen LogP contribution in [0.15, 0.2) is 18.2 Å². The first-order valence-electron chi connectivity index (χ1n) is 6.43. The fraction of sp³-hybridized carbons (Fsp3) is 0.500. The molecule has 1 unspecified atom stereocenters. The summed E-state index contributed by atoms with van der Waals surface area (Å²) in [6.45, 7) is 3.87. The quantitative estimate of drug-likeness (QED) is 0.803. The number of thiocarbonyl (C=S) groups is 1. The van der Waals surface area contributed by atoms with Gasteiger partial charge in [0.05, 0.1) is 6.10 Å². The van der Waals surface area contributed by atoms with E-state index in [-0.39, 0.29) is 0 Å². The van der Waals surface area contributed by atoms with Gasteiger partial charge >= 0.3 is 0 Å². The van der Waals surface area contributed by atoms with E-state index >= 15 is 0 Å². The second-order valence-electron chi connectivity index (χ2n) is 4.76. The van der Waals surface area contributed by atoms with E-state index in [4.69, 9.17) is 22.7 Å². The second kappa shape index (κ2) is 6.16. The van der Waals surface area contributed by atoms with E-state index < -0.39 is 0 Å². The highest BCUT2D eigenvalue weighted by Gasteiger charge is 2.15. The number of aryl methyl sites for hydroxylation is 1. The summed E-state index contributed by atoms with van der Waals surface area (Å²) in [5.41, 5.74) is 8.88. The minimum absolute atomic E-state index is 0.413. The van der Waals surface area contributed by atoms with Gasteiger partial charge < -0.3 is 15.8 Å². The van der Waals surface area contributed by atoms with Gasteiger partial charge in [-0.15, -0.1) is 0 Å². The first-order valence-corrected chi connectivity index (χ1v) is 6.83. The Labute approximate surface area is 114 Å². The molecule has 0 saturated carbocycles. The van der Waals surface area contributed by atoms with Crippen LogP contribution in [-0.2, 0) is 4.74 Å². The molecule has 1 atom stereocenters. The Morgan fingerprint density at radius 2 is 2.39 bits per heavy atom. The zero-order chi connectivity index (χ0) is 13.0. The van der Waals surface area contributed by atoms with Crippen LogP contribution >= 0.6 is 12.2 Å². The van der Waals surface area contributed by atoms with Crippen LogP contribution in [0, 0.1) is 6.92 Å². The molecule has 1 aliphatic rings. The topological polar surface area (TPSA) is 47.3 Å². The van der Waals surface area contributed by atoms with Gasteiger partial charge in [-0.3, -0.25) is 0 Å². The van der Waals surface area contributed by atoms with Crippen molar-refractivity contribution >= 4 is 22.9 Å². The van der Waals surface area contributed by atoms with Crippen LogP contribution in [0.2, 0.25) is 0 Å². The maximum Gasteiger partial charge on any atom is 0.106 e. The summed E-state index contributed by atoms with van der Waals surface area (Å²) < 4.78 is 5.60. The number of hydrogen-bond acceptors (Lipinski definition) is 3. The van der Waals surface area contributed by atoms with Gasteiger partial charge in [0.2, 0.25) is 0 Å². The first-order chi connectivity index (χ1) is 8.66. The highest BCUT2D eigenvalue weighted by molar-refractivity contribution is 7.80. The highest BCUT2D eigenvalue weighted by atomic mass is 32.1. The van der Waals surface area contributed by atoms with Gasteiger partial charge in [-0.05, 0) is 43.9 Å². The molecule has 0 aliphatic carbocycles. The van der Waals surface area contributed by atoms with E-state index in [2.05, 4.69) is 18.3 Å². The minimum atomic E-state index is 0.413. The Balaban J connectivity index is 1.94. The van der Waals surface area contributed by atoms with Crippen LogP contribution in [0.3, 0.4) is 0 Å². The maximum atomic E-state index is 5.73. The third kappa shape index (κ3) is 3.43. The summed E-state index contributed by atoms with van der Waals surface area (Å²) in [7, 11) is 0. The average molecular weight is 264 g/mol. The van der Waals surface area contributed by atoms with E-state index in [1.807, 2.05) is 12.1 Å². The van der Waals surface area contributed by atoms with Crippen LogP contribution in [-0.4, -0.2) is 24.2 Å². The summed E-state index contributed by atoms with van der Waals surface area (Å²) in [6.07, 6.45) is 3.81. The Morgan fingerprint density at radius 1 is 1.56 bits per heavy atom. The SMILES string of the molecule is Cc1ccc(C(N)=S)c(NCCC2CCCO2)c1. The molecule has 1 heterocycles. The summed E-state index contributed by atoms with van der Waals surface area (Å²) in [4.78, 5) is 0.439. The molecular weight excluding hydrogens is 244 g/mol. The molecule has 0 amide bonds. The highest BCUT2D eigenvalue weighted by Crippen LogP contribution is 2.19. The van der Waals surface area contributed by atoms with Crippen LogP contribution in [0.1, 0.15) is 30.4 Å². The van der Waals surface area contributed by atoms with Crippen molar-refractivity contribution in [3.8, 4) is 0 Å². The first kappa shape index (κ1) is 13.3. The molecule has 3 nitrogen and oxygen atoms in total. The van der Waals surface area contributed by atoms with Crippen molar-refractivity contribution in [2.75, 3.05) is 18.5 Å². The van der Waals surface area contributed by atoms with E-state index in [1.54, 1.807) is 0 Å². The molecule has 1 aromatic carbocycles. The van der Waals surface area contributed by atoms with Crippen LogP contribution < -0.4 is 11.1 Å². The molecule has 0 aromatic heterocycles. The Bertz CT molecular complexity index is 428. The molecule has 18 heavy (non-hydrogen) atoms. The van der Waals surface area contributed by atoms with Gasteiger partial charge in [-0.1, -0.05) is 18.3 Å². The van der Waals surface area contributed by atoms with Crippen molar-refractivity contribution in [3.05, 3.63) is 29.3 Å². The molecule has 1 aromatic rings. The molecule has 0 spiro atoms. The number of nitrogens with two attached hydrogens (primary N) is 1. The van der Waals surface area contributed by atoms with Gasteiger partial charge in [0.1, 0.15) is 4.99 Å². The average Bonchev–Trinajstić information content (AvgIpc) is 2.82. The zero-order valence-corrected chi connectivity index (χ0v) is 11.6. The van der Waals surface area contributed by atoms with Gasteiger partial charge in [0.15, 0.2) is 0 Å². The second-order valence-corrected chi connectivity index (χ2v) is 5.20. The van der Waals surface area contributed by atoms with Crippen LogP contribution in [0.4, 0.5) is 5.69 Å². The third-order valence-corrected chi connectivity index (χ3v) is 3.47. The Kier molecular flexibility index (Phi) is 4.55. The van der Waals surface area contributed by atoms with Crippen molar-refractivity contribution in [1.29, 1.82) is 0 Å². The van der Waals surface area contributed by atoms with Crippen molar-refractivity contribution in [1.82, 2.24) is 0 Å². The minimum Gasteiger partial charge on any atom is -0.389 e.